The third-order valence-electron chi connectivity index (χ3n) is 7.77. The molecular formula is C31H35FN6O. The molecule has 1 aliphatic heterocycles. The number of aromatic nitrogens is 3. The maximum Gasteiger partial charge on any atom is 0.253 e. The Morgan fingerprint density at radius 3 is 2.56 bits per heavy atom. The van der Waals surface area contributed by atoms with Gasteiger partial charge in [0.1, 0.15) is 17.3 Å². The largest absolute Gasteiger partial charge is 0.373 e. The van der Waals surface area contributed by atoms with Crippen LogP contribution >= 0.6 is 0 Å². The Balaban J connectivity index is 1.40. The smallest absolute Gasteiger partial charge is 0.253 e. The first kappa shape index (κ1) is 26.6. The summed E-state index contributed by atoms with van der Waals surface area (Å²) in [5.41, 5.74) is 7.05. The van der Waals surface area contributed by atoms with Crippen molar-refractivity contribution in [1.82, 2.24) is 24.3 Å². The number of anilines is 1. The fraction of sp³-hybridized carbons (Fsp3) is 0.323. The molecular weight excluding hydrogens is 491 g/mol. The first-order chi connectivity index (χ1) is 18.7. The highest BCUT2D eigenvalue weighted by Crippen LogP contribution is 2.35. The summed E-state index contributed by atoms with van der Waals surface area (Å²) in [6.07, 6.45) is 6.60. The fourth-order valence-electron chi connectivity index (χ4n) is 5.58. The number of carbonyl (C=O) groups is 1. The van der Waals surface area contributed by atoms with Crippen molar-refractivity contribution in [2.75, 3.05) is 39.5 Å². The number of fused-ring (bicyclic) bond motifs is 1. The molecule has 0 unspecified atom stereocenters. The van der Waals surface area contributed by atoms with E-state index in [0.29, 0.717) is 17.7 Å². The lowest BCUT2D eigenvalue weighted by atomic mass is 9.92. The summed E-state index contributed by atoms with van der Waals surface area (Å²) < 4.78 is 17.4. The molecule has 39 heavy (non-hydrogen) atoms. The number of amides is 1. The van der Waals surface area contributed by atoms with Crippen LogP contribution in [-0.2, 0) is 7.05 Å². The molecule has 0 bridgehead atoms. The normalized spacial score (nSPS) is 14.8. The first-order valence-corrected chi connectivity index (χ1v) is 13.2. The standard InChI is InChI=1S/C31H35FN6O/c1-19-15-23(31(39)36(4)5)16-26(32)29(19)21-10-13-38(14-11-21)20(2)27-17-25-24(9-12-34-30(25)37(27)6)22-7-8-28(33-3)35-18-22/h7-10,12,15-18,20H,11,13-14H2,1-6H3,(H,33,35)/t20-/m0/s1. The van der Waals surface area contributed by atoms with E-state index in [9.17, 15) is 4.79 Å². The van der Waals surface area contributed by atoms with E-state index in [0.717, 1.165) is 52.1 Å². The zero-order valence-corrected chi connectivity index (χ0v) is 23.4. The molecule has 1 aromatic carbocycles. The van der Waals surface area contributed by atoms with Gasteiger partial charge in [0.05, 0.1) is 0 Å². The lowest BCUT2D eigenvalue weighted by Gasteiger charge is -2.32. The predicted molar refractivity (Wildman–Crippen MR) is 155 cm³/mol. The quantitative estimate of drug-likeness (QED) is 0.350. The Morgan fingerprint density at radius 1 is 1.15 bits per heavy atom. The number of nitrogens with zero attached hydrogens (tertiary/aromatic N) is 5. The number of rotatable bonds is 6. The second-order valence-electron chi connectivity index (χ2n) is 10.4. The summed E-state index contributed by atoms with van der Waals surface area (Å²) >= 11 is 0. The molecule has 0 saturated heterocycles. The van der Waals surface area contributed by atoms with Crippen LogP contribution in [0.4, 0.5) is 10.2 Å². The average molecular weight is 527 g/mol. The average Bonchev–Trinajstić information content (AvgIpc) is 3.28. The van der Waals surface area contributed by atoms with E-state index in [4.69, 9.17) is 0 Å². The molecule has 1 aliphatic rings. The van der Waals surface area contributed by atoms with Crippen molar-refractivity contribution < 1.29 is 9.18 Å². The summed E-state index contributed by atoms with van der Waals surface area (Å²) in [4.78, 5) is 25.4. The van der Waals surface area contributed by atoms with E-state index in [1.54, 1.807) is 20.2 Å². The van der Waals surface area contributed by atoms with Crippen molar-refractivity contribution in [3.8, 4) is 11.1 Å². The van der Waals surface area contributed by atoms with Crippen molar-refractivity contribution in [3.63, 3.8) is 0 Å². The van der Waals surface area contributed by atoms with E-state index in [2.05, 4.69) is 56.9 Å². The molecule has 1 atom stereocenters. The minimum Gasteiger partial charge on any atom is -0.373 e. The van der Waals surface area contributed by atoms with Crippen molar-refractivity contribution in [2.24, 2.45) is 7.05 Å². The second-order valence-corrected chi connectivity index (χ2v) is 10.4. The summed E-state index contributed by atoms with van der Waals surface area (Å²) in [7, 11) is 7.27. The van der Waals surface area contributed by atoms with Gasteiger partial charge in [0.25, 0.3) is 5.91 Å². The van der Waals surface area contributed by atoms with Gasteiger partial charge in [-0.25, -0.2) is 14.4 Å². The van der Waals surface area contributed by atoms with Crippen LogP contribution in [0, 0.1) is 12.7 Å². The number of hydrogen-bond acceptors (Lipinski definition) is 5. The summed E-state index contributed by atoms with van der Waals surface area (Å²) in [6.45, 7) is 5.61. The Bertz CT molecular complexity index is 1550. The van der Waals surface area contributed by atoms with Crippen LogP contribution in [0.1, 0.15) is 46.6 Å². The molecule has 0 radical (unpaired) electrons. The SMILES string of the molecule is CNc1ccc(-c2ccnc3c2cc([C@H](C)N2CC=C(c4c(C)cc(C(=O)N(C)C)cc4F)CC2)n3C)cn1. The van der Waals surface area contributed by atoms with Gasteiger partial charge >= 0.3 is 0 Å². The third-order valence-corrected chi connectivity index (χ3v) is 7.77. The molecule has 3 aromatic heterocycles. The highest BCUT2D eigenvalue weighted by atomic mass is 19.1. The zero-order valence-electron chi connectivity index (χ0n) is 23.4. The van der Waals surface area contributed by atoms with E-state index < -0.39 is 0 Å². The number of hydrogen-bond donors (Lipinski definition) is 1. The van der Waals surface area contributed by atoms with Crippen LogP contribution in [0.2, 0.25) is 0 Å². The molecule has 0 saturated carbocycles. The predicted octanol–water partition coefficient (Wildman–Crippen LogP) is 5.68. The van der Waals surface area contributed by atoms with Crippen molar-refractivity contribution >= 4 is 28.3 Å². The molecule has 4 heterocycles. The van der Waals surface area contributed by atoms with Gasteiger partial charge in [-0.1, -0.05) is 6.08 Å². The minimum atomic E-state index is -0.336. The number of pyridine rings is 2. The van der Waals surface area contributed by atoms with Gasteiger partial charge in [-0.15, -0.1) is 0 Å². The first-order valence-electron chi connectivity index (χ1n) is 13.2. The lowest BCUT2D eigenvalue weighted by Crippen LogP contribution is -2.32. The number of aryl methyl sites for hydroxylation is 2. The Kier molecular flexibility index (Phi) is 7.23. The maximum absolute atomic E-state index is 15.2. The van der Waals surface area contributed by atoms with Crippen LogP contribution in [0.15, 0.2) is 54.9 Å². The number of carbonyl (C=O) groups excluding carboxylic acids is 1. The Labute approximate surface area is 229 Å². The highest BCUT2D eigenvalue weighted by molar-refractivity contribution is 5.95. The Morgan fingerprint density at radius 2 is 1.95 bits per heavy atom. The van der Waals surface area contributed by atoms with Crippen molar-refractivity contribution in [2.45, 2.75) is 26.3 Å². The van der Waals surface area contributed by atoms with Crippen LogP contribution in [0.25, 0.3) is 27.7 Å². The third kappa shape index (κ3) is 4.92. The van der Waals surface area contributed by atoms with Gasteiger partial charge in [0.2, 0.25) is 0 Å². The molecule has 8 heteroatoms. The van der Waals surface area contributed by atoms with E-state index in [1.807, 2.05) is 38.5 Å². The van der Waals surface area contributed by atoms with E-state index >= 15 is 4.39 Å². The number of nitrogens with one attached hydrogen (secondary N) is 1. The van der Waals surface area contributed by atoms with Crippen LogP contribution in [0.5, 0.6) is 0 Å². The minimum absolute atomic E-state index is 0.144. The molecule has 0 spiro atoms. The monoisotopic (exact) mass is 526 g/mol. The lowest BCUT2D eigenvalue weighted by molar-refractivity contribution is 0.0827. The molecule has 5 rings (SSSR count). The van der Waals surface area contributed by atoms with Crippen LogP contribution < -0.4 is 5.32 Å². The molecule has 4 aromatic rings. The summed E-state index contributed by atoms with van der Waals surface area (Å²) in [5.74, 6) is 0.300. The van der Waals surface area contributed by atoms with Crippen LogP contribution in [0.3, 0.4) is 0 Å². The summed E-state index contributed by atoms with van der Waals surface area (Å²) in [6, 6.07) is 11.6. The van der Waals surface area contributed by atoms with Gasteiger partial charge in [-0.2, -0.15) is 0 Å². The van der Waals surface area contributed by atoms with Gasteiger partial charge in [-0.05, 0) is 73.4 Å². The van der Waals surface area contributed by atoms with Crippen LogP contribution in [-0.4, -0.2) is 64.5 Å². The fourth-order valence-corrected chi connectivity index (χ4v) is 5.58. The molecule has 202 valence electrons. The second kappa shape index (κ2) is 10.6. The summed E-state index contributed by atoms with van der Waals surface area (Å²) in [5, 5.41) is 4.16. The number of benzene rings is 1. The molecule has 0 aliphatic carbocycles. The van der Waals surface area contributed by atoms with Crippen molar-refractivity contribution in [1.29, 1.82) is 0 Å². The van der Waals surface area contributed by atoms with Gasteiger partial charge in [0, 0.05) is 87.5 Å². The zero-order chi connectivity index (χ0) is 27.8. The van der Waals surface area contributed by atoms with E-state index in [-0.39, 0.29) is 17.8 Å². The molecule has 0 fully saturated rings. The number of halogens is 1. The molecule has 1 N–H and O–H groups in total. The maximum atomic E-state index is 15.2. The highest BCUT2D eigenvalue weighted by Gasteiger charge is 2.25. The van der Waals surface area contributed by atoms with Gasteiger partial charge < -0.3 is 14.8 Å². The topological polar surface area (TPSA) is 66.3 Å². The molecule has 7 nitrogen and oxygen atoms in total. The van der Waals surface area contributed by atoms with Gasteiger partial charge in [-0.3, -0.25) is 9.69 Å². The van der Waals surface area contributed by atoms with E-state index in [1.165, 1.54) is 16.7 Å². The van der Waals surface area contributed by atoms with Gasteiger partial charge in [0.15, 0.2) is 0 Å². The Hall–Kier alpha value is -4.04. The molecule has 1 amide bonds. The van der Waals surface area contributed by atoms with Crippen molar-refractivity contribution in [3.05, 3.63) is 83.1 Å².